The van der Waals surface area contributed by atoms with Crippen LogP contribution in [0.25, 0.3) is 0 Å². The van der Waals surface area contributed by atoms with Gasteiger partial charge in [0, 0.05) is 12.1 Å². The monoisotopic (exact) mass is 248 g/mol. The summed E-state index contributed by atoms with van der Waals surface area (Å²) in [4.78, 5) is 2.44. The molecule has 1 fully saturated rings. The number of hydrogen-bond acceptors (Lipinski definition) is 3. The second-order valence-corrected chi connectivity index (χ2v) is 5.63. The molecular weight excluding hydrogens is 224 g/mol. The lowest BCUT2D eigenvalue weighted by atomic mass is 9.96. The average Bonchev–Trinajstić information content (AvgIpc) is 2.66. The minimum absolute atomic E-state index is 0.150. The predicted octanol–water partition coefficient (Wildman–Crippen LogP) is 2.65. The van der Waals surface area contributed by atoms with Crippen molar-refractivity contribution in [2.24, 2.45) is 11.7 Å². The minimum atomic E-state index is 0.150. The fourth-order valence-corrected chi connectivity index (χ4v) is 2.93. The largest absolute Gasteiger partial charge is 0.492 e. The Kier molecular flexibility index (Phi) is 3.81. The van der Waals surface area contributed by atoms with Crippen molar-refractivity contribution in [3.05, 3.63) is 24.3 Å². The van der Waals surface area contributed by atoms with Crippen LogP contribution in [0, 0.1) is 5.92 Å². The second-order valence-electron chi connectivity index (χ2n) is 5.63. The summed E-state index contributed by atoms with van der Waals surface area (Å²) in [5, 5.41) is 0. The van der Waals surface area contributed by atoms with Gasteiger partial charge in [0.1, 0.15) is 5.75 Å². The Morgan fingerprint density at radius 2 is 2.11 bits per heavy atom. The van der Waals surface area contributed by atoms with Gasteiger partial charge in [-0.1, -0.05) is 12.1 Å². The summed E-state index contributed by atoms with van der Waals surface area (Å²) in [6.45, 7) is 9.07. The van der Waals surface area contributed by atoms with E-state index in [2.05, 4.69) is 30.9 Å². The number of anilines is 1. The molecule has 1 unspecified atom stereocenters. The molecule has 3 nitrogen and oxygen atoms in total. The van der Waals surface area contributed by atoms with Crippen molar-refractivity contribution < 1.29 is 4.74 Å². The Hall–Kier alpha value is -1.22. The van der Waals surface area contributed by atoms with Crippen molar-refractivity contribution in [2.75, 3.05) is 24.6 Å². The zero-order valence-corrected chi connectivity index (χ0v) is 11.6. The zero-order chi connectivity index (χ0) is 13.2. The van der Waals surface area contributed by atoms with Gasteiger partial charge in [-0.3, -0.25) is 0 Å². The zero-order valence-electron chi connectivity index (χ0n) is 11.6. The van der Waals surface area contributed by atoms with Gasteiger partial charge < -0.3 is 15.4 Å². The van der Waals surface area contributed by atoms with Crippen LogP contribution in [0.5, 0.6) is 5.75 Å². The molecule has 1 heterocycles. The van der Waals surface area contributed by atoms with E-state index in [0.717, 1.165) is 25.3 Å². The average molecular weight is 248 g/mol. The summed E-state index contributed by atoms with van der Waals surface area (Å²) in [6, 6.07) is 8.29. The van der Waals surface area contributed by atoms with Crippen molar-refractivity contribution >= 4 is 5.69 Å². The molecular formula is C15H24N2O. The highest BCUT2D eigenvalue weighted by Gasteiger charge is 2.38. The summed E-state index contributed by atoms with van der Waals surface area (Å²) < 4.78 is 5.74. The molecule has 1 atom stereocenters. The van der Waals surface area contributed by atoms with E-state index in [1.165, 1.54) is 5.69 Å². The van der Waals surface area contributed by atoms with E-state index in [1.807, 2.05) is 19.1 Å². The van der Waals surface area contributed by atoms with E-state index in [0.29, 0.717) is 12.5 Å². The van der Waals surface area contributed by atoms with Gasteiger partial charge >= 0.3 is 0 Å². The lowest BCUT2D eigenvalue weighted by Gasteiger charge is -2.34. The molecule has 1 aromatic rings. The lowest BCUT2D eigenvalue weighted by molar-refractivity contribution is 0.338. The molecule has 0 amide bonds. The first-order valence-corrected chi connectivity index (χ1v) is 6.78. The van der Waals surface area contributed by atoms with Gasteiger partial charge in [-0.2, -0.15) is 0 Å². The maximum Gasteiger partial charge on any atom is 0.142 e. The van der Waals surface area contributed by atoms with E-state index >= 15 is 0 Å². The Morgan fingerprint density at radius 1 is 1.39 bits per heavy atom. The van der Waals surface area contributed by atoms with Crippen molar-refractivity contribution in [1.29, 1.82) is 0 Å². The first kappa shape index (κ1) is 13.2. The number of para-hydroxylation sites is 2. The van der Waals surface area contributed by atoms with Crippen LogP contribution in [0.15, 0.2) is 24.3 Å². The van der Waals surface area contributed by atoms with E-state index in [4.69, 9.17) is 10.5 Å². The third kappa shape index (κ3) is 2.46. The number of benzene rings is 1. The molecule has 1 aliphatic heterocycles. The molecule has 0 aromatic heterocycles. The summed E-state index contributed by atoms with van der Waals surface area (Å²) in [7, 11) is 0. The van der Waals surface area contributed by atoms with Crippen LogP contribution >= 0.6 is 0 Å². The number of nitrogens with zero attached hydrogens (tertiary/aromatic N) is 1. The van der Waals surface area contributed by atoms with Crippen LogP contribution in [0.2, 0.25) is 0 Å². The molecule has 0 spiro atoms. The van der Waals surface area contributed by atoms with Gasteiger partial charge in [0.25, 0.3) is 0 Å². The number of hydrogen-bond donors (Lipinski definition) is 1. The smallest absolute Gasteiger partial charge is 0.142 e. The molecule has 18 heavy (non-hydrogen) atoms. The molecule has 3 heteroatoms. The Bertz CT molecular complexity index is 403. The SMILES string of the molecule is CCOc1ccccc1N1CC(CN)CC1(C)C. The molecule has 1 aliphatic rings. The number of rotatable bonds is 4. The molecule has 0 bridgehead atoms. The molecule has 0 aliphatic carbocycles. The highest BCUT2D eigenvalue weighted by Crippen LogP contribution is 2.40. The summed E-state index contributed by atoms with van der Waals surface area (Å²) in [5.74, 6) is 1.56. The van der Waals surface area contributed by atoms with Crippen molar-refractivity contribution in [2.45, 2.75) is 32.7 Å². The van der Waals surface area contributed by atoms with E-state index in [9.17, 15) is 0 Å². The van der Waals surface area contributed by atoms with Crippen LogP contribution in [0.3, 0.4) is 0 Å². The molecule has 2 N–H and O–H groups in total. The third-order valence-electron chi connectivity index (χ3n) is 3.75. The van der Waals surface area contributed by atoms with Crippen molar-refractivity contribution in [3.8, 4) is 5.75 Å². The Morgan fingerprint density at radius 3 is 2.72 bits per heavy atom. The topological polar surface area (TPSA) is 38.5 Å². The number of nitrogens with two attached hydrogens (primary N) is 1. The van der Waals surface area contributed by atoms with Crippen molar-refractivity contribution in [3.63, 3.8) is 0 Å². The standard InChI is InChI=1S/C15H24N2O/c1-4-18-14-8-6-5-7-13(14)17-11-12(10-16)9-15(17,2)3/h5-8,12H,4,9-11,16H2,1-3H3. The molecule has 0 radical (unpaired) electrons. The van der Waals surface area contributed by atoms with Gasteiger partial charge in [0.05, 0.1) is 12.3 Å². The van der Waals surface area contributed by atoms with Crippen LogP contribution < -0.4 is 15.4 Å². The van der Waals surface area contributed by atoms with E-state index < -0.39 is 0 Å². The minimum Gasteiger partial charge on any atom is -0.492 e. The van der Waals surface area contributed by atoms with Crippen LogP contribution in [-0.2, 0) is 0 Å². The number of ether oxygens (including phenoxy) is 1. The van der Waals surface area contributed by atoms with Gasteiger partial charge in [-0.25, -0.2) is 0 Å². The Labute approximate surface area is 110 Å². The van der Waals surface area contributed by atoms with Crippen LogP contribution in [-0.4, -0.2) is 25.2 Å². The molecule has 100 valence electrons. The third-order valence-corrected chi connectivity index (χ3v) is 3.75. The normalized spacial score (nSPS) is 22.2. The van der Waals surface area contributed by atoms with E-state index in [-0.39, 0.29) is 5.54 Å². The summed E-state index contributed by atoms with van der Waals surface area (Å²) >= 11 is 0. The quantitative estimate of drug-likeness (QED) is 0.890. The molecule has 1 aromatic carbocycles. The van der Waals surface area contributed by atoms with Gasteiger partial charge in [-0.05, 0) is 51.8 Å². The van der Waals surface area contributed by atoms with Gasteiger partial charge in [-0.15, -0.1) is 0 Å². The van der Waals surface area contributed by atoms with E-state index in [1.54, 1.807) is 0 Å². The Balaban J connectivity index is 2.30. The van der Waals surface area contributed by atoms with Crippen LogP contribution in [0.1, 0.15) is 27.2 Å². The maximum atomic E-state index is 5.83. The second kappa shape index (κ2) is 5.19. The molecule has 0 saturated carbocycles. The predicted molar refractivity (Wildman–Crippen MR) is 76.2 cm³/mol. The van der Waals surface area contributed by atoms with Crippen LogP contribution in [0.4, 0.5) is 5.69 Å². The lowest BCUT2D eigenvalue weighted by Crippen LogP contribution is -2.38. The molecule has 1 saturated heterocycles. The summed E-state index contributed by atoms with van der Waals surface area (Å²) in [5.41, 5.74) is 7.18. The molecule has 2 rings (SSSR count). The highest BCUT2D eigenvalue weighted by atomic mass is 16.5. The first-order valence-electron chi connectivity index (χ1n) is 6.78. The highest BCUT2D eigenvalue weighted by molar-refractivity contribution is 5.60. The fraction of sp³-hybridized carbons (Fsp3) is 0.600. The fourth-order valence-electron chi connectivity index (χ4n) is 2.93. The maximum absolute atomic E-state index is 5.83. The van der Waals surface area contributed by atoms with Gasteiger partial charge in [0.15, 0.2) is 0 Å². The summed E-state index contributed by atoms with van der Waals surface area (Å²) in [6.07, 6.45) is 1.14. The first-order chi connectivity index (χ1) is 8.58. The van der Waals surface area contributed by atoms with Gasteiger partial charge in [0.2, 0.25) is 0 Å². The van der Waals surface area contributed by atoms with Crippen molar-refractivity contribution in [1.82, 2.24) is 0 Å².